The van der Waals surface area contributed by atoms with Gasteiger partial charge < -0.3 is 5.32 Å². The molecule has 3 nitrogen and oxygen atoms in total. The van der Waals surface area contributed by atoms with Crippen LogP contribution in [0.2, 0.25) is 0 Å². The SMILES string of the molecule is O=C1NCCCCC1Cc1ccc(Br)cn1. The molecule has 1 atom stereocenters. The Bertz CT molecular complexity index is 364. The van der Waals surface area contributed by atoms with Crippen LogP contribution in [0.4, 0.5) is 0 Å². The maximum Gasteiger partial charge on any atom is 0.223 e. The molecule has 2 heterocycles. The summed E-state index contributed by atoms with van der Waals surface area (Å²) in [6, 6.07) is 3.94. The zero-order chi connectivity index (χ0) is 11.4. The van der Waals surface area contributed by atoms with Gasteiger partial charge in [-0.25, -0.2) is 0 Å². The number of carbonyl (C=O) groups is 1. The van der Waals surface area contributed by atoms with Crippen LogP contribution in [-0.2, 0) is 11.2 Å². The number of amides is 1. The molecule has 16 heavy (non-hydrogen) atoms. The summed E-state index contributed by atoms with van der Waals surface area (Å²) in [6.07, 6.45) is 5.72. The molecule has 4 heteroatoms. The van der Waals surface area contributed by atoms with Gasteiger partial charge >= 0.3 is 0 Å². The maximum atomic E-state index is 11.7. The van der Waals surface area contributed by atoms with Gasteiger partial charge in [-0.3, -0.25) is 9.78 Å². The fourth-order valence-electron chi connectivity index (χ4n) is 1.98. The third-order valence-corrected chi connectivity index (χ3v) is 3.36. The third-order valence-electron chi connectivity index (χ3n) is 2.89. The Morgan fingerprint density at radius 3 is 3.06 bits per heavy atom. The molecule has 1 fully saturated rings. The lowest BCUT2D eigenvalue weighted by Crippen LogP contribution is -2.30. The first-order valence-corrected chi connectivity index (χ1v) is 6.43. The molecule has 1 amide bonds. The molecule has 1 aromatic heterocycles. The lowest BCUT2D eigenvalue weighted by atomic mass is 9.97. The molecule has 1 N–H and O–H groups in total. The van der Waals surface area contributed by atoms with E-state index in [0.29, 0.717) is 0 Å². The summed E-state index contributed by atoms with van der Waals surface area (Å²) in [7, 11) is 0. The Labute approximate surface area is 104 Å². The first-order valence-electron chi connectivity index (χ1n) is 5.64. The topological polar surface area (TPSA) is 42.0 Å². The number of hydrogen-bond acceptors (Lipinski definition) is 2. The number of nitrogens with zero attached hydrogens (tertiary/aromatic N) is 1. The van der Waals surface area contributed by atoms with E-state index in [4.69, 9.17) is 0 Å². The van der Waals surface area contributed by atoms with E-state index in [-0.39, 0.29) is 11.8 Å². The van der Waals surface area contributed by atoms with Crippen molar-refractivity contribution < 1.29 is 4.79 Å². The number of aromatic nitrogens is 1. The summed E-state index contributed by atoms with van der Waals surface area (Å²) in [5, 5.41) is 2.95. The number of hydrogen-bond donors (Lipinski definition) is 1. The van der Waals surface area contributed by atoms with Crippen molar-refractivity contribution in [1.29, 1.82) is 0 Å². The van der Waals surface area contributed by atoms with Crippen molar-refractivity contribution in [3.63, 3.8) is 0 Å². The minimum absolute atomic E-state index is 0.0937. The highest BCUT2D eigenvalue weighted by Gasteiger charge is 2.21. The van der Waals surface area contributed by atoms with Crippen molar-refractivity contribution in [2.45, 2.75) is 25.7 Å². The Morgan fingerprint density at radius 1 is 1.44 bits per heavy atom. The number of halogens is 1. The lowest BCUT2D eigenvalue weighted by Gasteiger charge is -2.12. The Balaban J connectivity index is 2.02. The number of nitrogens with one attached hydrogen (secondary N) is 1. The number of pyridine rings is 1. The number of rotatable bonds is 2. The van der Waals surface area contributed by atoms with Crippen molar-refractivity contribution in [2.24, 2.45) is 5.92 Å². The summed E-state index contributed by atoms with van der Waals surface area (Å²) in [5.41, 5.74) is 0.991. The second-order valence-corrected chi connectivity index (χ2v) is 5.07. The quantitative estimate of drug-likeness (QED) is 0.905. The Kier molecular flexibility index (Phi) is 3.93. The van der Waals surface area contributed by atoms with Gasteiger partial charge in [0.15, 0.2) is 0 Å². The van der Waals surface area contributed by atoms with Gasteiger partial charge in [0.25, 0.3) is 0 Å². The predicted octanol–water partition coefficient (Wildman–Crippen LogP) is 2.30. The van der Waals surface area contributed by atoms with E-state index in [1.165, 1.54) is 0 Å². The van der Waals surface area contributed by atoms with Crippen LogP contribution in [0.5, 0.6) is 0 Å². The van der Waals surface area contributed by atoms with Gasteiger partial charge in [-0.05, 0) is 40.9 Å². The average molecular weight is 283 g/mol. The van der Waals surface area contributed by atoms with Gasteiger partial charge in [0.1, 0.15) is 0 Å². The Morgan fingerprint density at radius 2 is 2.31 bits per heavy atom. The molecule has 0 aromatic carbocycles. The summed E-state index contributed by atoms with van der Waals surface area (Å²) in [4.78, 5) is 16.0. The maximum absolute atomic E-state index is 11.7. The summed E-state index contributed by atoms with van der Waals surface area (Å²) in [5.74, 6) is 0.276. The minimum Gasteiger partial charge on any atom is -0.356 e. The van der Waals surface area contributed by atoms with Gasteiger partial charge in [0.2, 0.25) is 5.91 Å². The van der Waals surface area contributed by atoms with Crippen LogP contribution in [-0.4, -0.2) is 17.4 Å². The highest BCUT2D eigenvalue weighted by molar-refractivity contribution is 9.10. The molecule has 1 unspecified atom stereocenters. The smallest absolute Gasteiger partial charge is 0.223 e. The average Bonchev–Trinajstić information content (AvgIpc) is 2.48. The molecule has 1 saturated heterocycles. The van der Waals surface area contributed by atoms with Crippen LogP contribution in [0.25, 0.3) is 0 Å². The first-order chi connectivity index (χ1) is 7.75. The zero-order valence-electron chi connectivity index (χ0n) is 9.08. The van der Waals surface area contributed by atoms with Crippen molar-refractivity contribution in [1.82, 2.24) is 10.3 Å². The standard InChI is InChI=1S/C12H15BrN2O/c13-10-4-5-11(15-8-10)7-9-3-1-2-6-14-12(9)16/h4-5,8-9H,1-3,6-7H2,(H,14,16). The summed E-state index contributed by atoms with van der Waals surface area (Å²) in [6.45, 7) is 0.823. The third kappa shape index (κ3) is 3.04. The molecular formula is C12H15BrN2O. The molecule has 1 aliphatic heterocycles. The van der Waals surface area contributed by atoms with Crippen LogP contribution in [0.3, 0.4) is 0 Å². The largest absolute Gasteiger partial charge is 0.356 e. The molecule has 0 bridgehead atoms. The van der Waals surface area contributed by atoms with Crippen molar-refractivity contribution in [3.05, 3.63) is 28.5 Å². The first kappa shape index (κ1) is 11.6. The molecule has 0 saturated carbocycles. The molecule has 0 radical (unpaired) electrons. The van der Waals surface area contributed by atoms with Crippen molar-refractivity contribution in [3.8, 4) is 0 Å². The van der Waals surface area contributed by atoms with Crippen LogP contribution in [0, 0.1) is 5.92 Å². The molecule has 1 aromatic rings. The summed E-state index contributed by atoms with van der Waals surface area (Å²) < 4.78 is 0.974. The molecule has 86 valence electrons. The highest BCUT2D eigenvalue weighted by atomic mass is 79.9. The normalized spacial score (nSPS) is 21.3. The highest BCUT2D eigenvalue weighted by Crippen LogP contribution is 2.17. The van der Waals surface area contributed by atoms with Crippen molar-refractivity contribution in [2.75, 3.05) is 6.54 Å². The second kappa shape index (κ2) is 5.43. The van der Waals surface area contributed by atoms with E-state index in [1.54, 1.807) is 6.20 Å². The van der Waals surface area contributed by atoms with Crippen LogP contribution in [0.15, 0.2) is 22.8 Å². The molecular weight excluding hydrogens is 268 g/mol. The Hall–Kier alpha value is -0.900. The molecule has 0 spiro atoms. The molecule has 1 aliphatic rings. The van der Waals surface area contributed by atoms with E-state index in [1.807, 2.05) is 12.1 Å². The lowest BCUT2D eigenvalue weighted by molar-refractivity contribution is -0.124. The fourth-order valence-corrected chi connectivity index (χ4v) is 2.21. The van der Waals surface area contributed by atoms with E-state index in [0.717, 1.165) is 42.4 Å². The van der Waals surface area contributed by atoms with Gasteiger partial charge in [-0.15, -0.1) is 0 Å². The van der Waals surface area contributed by atoms with Crippen LogP contribution >= 0.6 is 15.9 Å². The van der Waals surface area contributed by atoms with Gasteiger partial charge in [0.05, 0.1) is 0 Å². The van der Waals surface area contributed by atoms with Crippen LogP contribution in [0.1, 0.15) is 25.0 Å². The van der Waals surface area contributed by atoms with E-state index in [9.17, 15) is 4.79 Å². The number of carbonyl (C=O) groups excluding carboxylic acids is 1. The van der Waals surface area contributed by atoms with E-state index < -0.39 is 0 Å². The van der Waals surface area contributed by atoms with Gasteiger partial charge in [-0.2, -0.15) is 0 Å². The minimum atomic E-state index is 0.0937. The molecule has 0 aliphatic carbocycles. The monoisotopic (exact) mass is 282 g/mol. The van der Waals surface area contributed by atoms with E-state index >= 15 is 0 Å². The zero-order valence-corrected chi connectivity index (χ0v) is 10.7. The van der Waals surface area contributed by atoms with Gasteiger partial charge in [0, 0.05) is 35.2 Å². The second-order valence-electron chi connectivity index (χ2n) is 4.16. The van der Waals surface area contributed by atoms with E-state index in [2.05, 4.69) is 26.2 Å². The van der Waals surface area contributed by atoms with Crippen molar-refractivity contribution >= 4 is 21.8 Å². The molecule has 2 rings (SSSR count). The predicted molar refractivity (Wildman–Crippen MR) is 66.0 cm³/mol. The summed E-state index contributed by atoms with van der Waals surface area (Å²) >= 11 is 3.35. The van der Waals surface area contributed by atoms with Gasteiger partial charge in [-0.1, -0.05) is 6.42 Å². The fraction of sp³-hybridized carbons (Fsp3) is 0.500. The van der Waals surface area contributed by atoms with Crippen LogP contribution < -0.4 is 5.32 Å².